The van der Waals surface area contributed by atoms with Crippen molar-refractivity contribution in [2.24, 2.45) is 0 Å². The molecule has 1 aliphatic rings. The van der Waals surface area contributed by atoms with Gasteiger partial charge in [0.15, 0.2) is 5.76 Å². The van der Waals surface area contributed by atoms with Crippen LogP contribution in [0.2, 0.25) is 0 Å². The van der Waals surface area contributed by atoms with Crippen LogP contribution < -0.4 is 0 Å². The zero-order valence-electron chi connectivity index (χ0n) is 16.6. The van der Waals surface area contributed by atoms with E-state index in [1.165, 1.54) is 0 Å². The SMILES string of the molecule is CCCC(=C=C1OC(c2ccccc2)=Cc2ccccc21)OCc1ccccc1. The van der Waals surface area contributed by atoms with Crippen molar-refractivity contribution in [3.8, 4) is 0 Å². The third-order valence-corrected chi connectivity index (χ3v) is 4.75. The number of hydrogen-bond acceptors (Lipinski definition) is 2. The van der Waals surface area contributed by atoms with Gasteiger partial charge in [-0.3, -0.25) is 0 Å². The van der Waals surface area contributed by atoms with Crippen molar-refractivity contribution in [2.75, 3.05) is 0 Å². The fourth-order valence-corrected chi connectivity index (χ4v) is 3.27. The molecule has 2 heteroatoms. The van der Waals surface area contributed by atoms with E-state index in [9.17, 15) is 0 Å². The molecule has 0 radical (unpaired) electrons. The summed E-state index contributed by atoms with van der Waals surface area (Å²) in [5.74, 6) is 2.35. The fraction of sp³-hybridized carbons (Fsp3) is 0.148. The number of rotatable bonds is 6. The Morgan fingerprint density at radius 3 is 2.31 bits per heavy atom. The summed E-state index contributed by atoms with van der Waals surface area (Å²) in [6.07, 6.45) is 3.87. The highest BCUT2D eigenvalue weighted by Crippen LogP contribution is 2.34. The minimum Gasteiger partial charge on any atom is -0.485 e. The first-order valence-electron chi connectivity index (χ1n) is 10.0. The predicted octanol–water partition coefficient (Wildman–Crippen LogP) is 7.06. The summed E-state index contributed by atoms with van der Waals surface area (Å²) in [6.45, 7) is 2.67. The molecule has 0 saturated heterocycles. The largest absolute Gasteiger partial charge is 0.485 e. The monoisotopic (exact) mass is 380 g/mol. The molecule has 0 spiro atoms. The summed E-state index contributed by atoms with van der Waals surface area (Å²) in [5, 5.41) is 0. The highest BCUT2D eigenvalue weighted by molar-refractivity contribution is 5.88. The molecule has 0 aromatic heterocycles. The zero-order chi connectivity index (χ0) is 19.9. The van der Waals surface area contributed by atoms with Crippen LogP contribution >= 0.6 is 0 Å². The van der Waals surface area contributed by atoms with Gasteiger partial charge in [-0.15, -0.1) is 0 Å². The van der Waals surface area contributed by atoms with Crippen molar-refractivity contribution in [3.05, 3.63) is 119 Å². The Morgan fingerprint density at radius 1 is 0.862 bits per heavy atom. The molecule has 0 amide bonds. The molecule has 3 aromatic rings. The molecule has 2 nitrogen and oxygen atoms in total. The maximum atomic E-state index is 6.29. The van der Waals surface area contributed by atoms with E-state index < -0.39 is 0 Å². The first-order chi connectivity index (χ1) is 14.3. The van der Waals surface area contributed by atoms with Gasteiger partial charge in [0.25, 0.3) is 0 Å². The maximum absolute atomic E-state index is 6.29. The van der Waals surface area contributed by atoms with E-state index >= 15 is 0 Å². The van der Waals surface area contributed by atoms with Gasteiger partial charge in [0, 0.05) is 17.5 Å². The molecule has 1 aliphatic heterocycles. The van der Waals surface area contributed by atoms with E-state index in [0.717, 1.165) is 46.6 Å². The van der Waals surface area contributed by atoms with Gasteiger partial charge in [-0.05, 0) is 35.4 Å². The molecule has 0 N–H and O–H groups in total. The Labute approximate surface area is 172 Å². The van der Waals surface area contributed by atoms with E-state index in [4.69, 9.17) is 9.47 Å². The second kappa shape index (κ2) is 9.14. The number of allylic oxidation sites excluding steroid dienone is 1. The van der Waals surface area contributed by atoms with Crippen molar-refractivity contribution in [2.45, 2.75) is 26.4 Å². The smallest absolute Gasteiger partial charge is 0.180 e. The quantitative estimate of drug-likeness (QED) is 0.337. The molecule has 29 heavy (non-hydrogen) atoms. The molecule has 0 bridgehead atoms. The van der Waals surface area contributed by atoms with Gasteiger partial charge in [-0.2, -0.15) is 0 Å². The van der Waals surface area contributed by atoms with Gasteiger partial charge in [0.2, 0.25) is 0 Å². The van der Waals surface area contributed by atoms with E-state index in [1.807, 2.05) is 48.5 Å². The van der Waals surface area contributed by atoms with E-state index in [2.05, 4.69) is 55.1 Å². The highest BCUT2D eigenvalue weighted by atomic mass is 16.5. The molecule has 1 heterocycles. The first-order valence-corrected chi connectivity index (χ1v) is 10.0. The lowest BCUT2D eigenvalue weighted by atomic mass is 10.0. The van der Waals surface area contributed by atoms with Crippen LogP contribution in [-0.2, 0) is 16.1 Å². The van der Waals surface area contributed by atoms with Crippen LogP contribution in [0.1, 0.15) is 42.0 Å². The number of ether oxygens (including phenoxy) is 2. The Hall–Kier alpha value is -3.48. The van der Waals surface area contributed by atoms with Gasteiger partial charge in [0.05, 0.1) is 0 Å². The van der Waals surface area contributed by atoms with Gasteiger partial charge in [-0.25, -0.2) is 0 Å². The van der Waals surface area contributed by atoms with Gasteiger partial charge >= 0.3 is 0 Å². The molecule has 0 atom stereocenters. The summed E-state index contributed by atoms with van der Waals surface area (Å²) in [4.78, 5) is 0. The lowest BCUT2D eigenvalue weighted by Gasteiger charge is -2.20. The molecular formula is C27H24O2. The summed E-state index contributed by atoms with van der Waals surface area (Å²) >= 11 is 0. The number of fused-ring (bicyclic) bond motifs is 1. The van der Waals surface area contributed by atoms with Crippen LogP contribution in [0, 0.1) is 0 Å². The molecule has 0 unspecified atom stereocenters. The minimum absolute atomic E-state index is 0.527. The zero-order valence-corrected chi connectivity index (χ0v) is 16.6. The van der Waals surface area contributed by atoms with Crippen molar-refractivity contribution in [1.82, 2.24) is 0 Å². The standard InChI is InChI=1S/C27H24O2/c1-2-11-24(28-20-21-12-5-3-6-13-21)19-27-25-17-10-9-16-23(25)18-26(29-27)22-14-7-4-8-15-22/h3-10,12-18H,2,11,20H2,1H3. The molecule has 3 aromatic carbocycles. The topological polar surface area (TPSA) is 18.5 Å². The van der Waals surface area contributed by atoms with E-state index in [1.54, 1.807) is 0 Å². The maximum Gasteiger partial charge on any atom is 0.180 e. The highest BCUT2D eigenvalue weighted by Gasteiger charge is 2.18. The van der Waals surface area contributed by atoms with Crippen molar-refractivity contribution in [1.29, 1.82) is 0 Å². The van der Waals surface area contributed by atoms with E-state index in [0.29, 0.717) is 12.4 Å². The van der Waals surface area contributed by atoms with Crippen LogP contribution in [0.25, 0.3) is 17.6 Å². The molecule has 0 fully saturated rings. The molecule has 144 valence electrons. The van der Waals surface area contributed by atoms with Gasteiger partial charge in [0.1, 0.15) is 18.1 Å². The van der Waals surface area contributed by atoms with Crippen LogP contribution in [0.3, 0.4) is 0 Å². The van der Waals surface area contributed by atoms with Crippen molar-refractivity contribution in [3.63, 3.8) is 0 Å². The van der Waals surface area contributed by atoms with E-state index in [-0.39, 0.29) is 0 Å². The number of benzene rings is 3. The summed E-state index contributed by atoms with van der Waals surface area (Å²) in [5.41, 5.74) is 7.77. The Balaban J connectivity index is 1.71. The molecule has 0 aliphatic carbocycles. The van der Waals surface area contributed by atoms with Crippen molar-refractivity contribution >= 4 is 17.6 Å². The first kappa shape index (κ1) is 18.9. The van der Waals surface area contributed by atoms with Crippen LogP contribution in [-0.4, -0.2) is 0 Å². The fourth-order valence-electron chi connectivity index (χ4n) is 3.27. The van der Waals surface area contributed by atoms with Crippen LogP contribution in [0.4, 0.5) is 0 Å². The van der Waals surface area contributed by atoms with Gasteiger partial charge in [-0.1, -0.05) is 85.8 Å². The lowest BCUT2D eigenvalue weighted by Crippen LogP contribution is -2.01. The Morgan fingerprint density at radius 2 is 1.55 bits per heavy atom. The lowest BCUT2D eigenvalue weighted by molar-refractivity contribution is 0.189. The third kappa shape index (κ3) is 4.68. The average Bonchev–Trinajstić information content (AvgIpc) is 2.79. The number of hydrogen-bond donors (Lipinski definition) is 0. The average molecular weight is 380 g/mol. The molecule has 0 saturated carbocycles. The third-order valence-electron chi connectivity index (χ3n) is 4.75. The van der Waals surface area contributed by atoms with Gasteiger partial charge < -0.3 is 9.47 Å². The molecule has 4 rings (SSSR count). The predicted molar refractivity (Wildman–Crippen MR) is 118 cm³/mol. The summed E-state index contributed by atoms with van der Waals surface area (Å²) < 4.78 is 12.4. The second-order valence-corrected chi connectivity index (χ2v) is 6.97. The minimum atomic E-state index is 0.527. The van der Waals surface area contributed by atoms with Crippen LogP contribution in [0.5, 0.6) is 0 Å². The van der Waals surface area contributed by atoms with Crippen molar-refractivity contribution < 1.29 is 9.47 Å². The molecular weight excluding hydrogens is 356 g/mol. The second-order valence-electron chi connectivity index (χ2n) is 6.97. The summed E-state index contributed by atoms with van der Waals surface area (Å²) in [7, 11) is 0. The summed E-state index contributed by atoms with van der Waals surface area (Å²) in [6, 6.07) is 28.6. The van der Waals surface area contributed by atoms with Crippen LogP contribution in [0.15, 0.2) is 96.4 Å². The Bertz CT molecular complexity index is 1060. The normalized spacial score (nSPS) is 12.3. The Kier molecular flexibility index (Phi) is 5.95.